The molecule has 0 aromatic rings. The summed E-state index contributed by atoms with van der Waals surface area (Å²) < 4.78 is 11.1. The molecule has 0 aromatic heterocycles. The third-order valence-corrected chi connectivity index (χ3v) is 5.29. The highest BCUT2D eigenvalue weighted by Crippen LogP contribution is 2.27. The van der Waals surface area contributed by atoms with E-state index in [2.05, 4.69) is 0 Å². The fraction of sp³-hybridized carbons (Fsp3) is 0.952. The zero-order valence-electron chi connectivity index (χ0n) is 17.4. The highest BCUT2D eigenvalue weighted by atomic mass is 16.7. The number of ether oxygens (including phenoxy) is 2. The topological polar surface area (TPSA) is 96.2 Å². The number of hydrogen-bond donors (Lipinski definition) is 3. The Hall–Kier alpha value is -0.530. The van der Waals surface area contributed by atoms with Crippen LogP contribution in [0.1, 0.15) is 78.6 Å². The van der Waals surface area contributed by atoms with E-state index in [-0.39, 0.29) is 18.6 Å². The van der Waals surface area contributed by atoms with Gasteiger partial charge in [-0.2, -0.15) is 0 Å². The van der Waals surface area contributed by atoms with Crippen LogP contribution in [0.5, 0.6) is 0 Å². The van der Waals surface area contributed by atoms with Gasteiger partial charge in [-0.3, -0.25) is 4.79 Å². The Morgan fingerprint density at radius 3 is 2.00 bits per heavy atom. The van der Waals surface area contributed by atoms with Crippen molar-refractivity contribution < 1.29 is 29.6 Å². The lowest BCUT2D eigenvalue weighted by Gasteiger charge is -2.18. The number of ketones is 1. The summed E-state index contributed by atoms with van der Waals surface area (Å²) in [5, 5.41) is 28.4. The number of Topliss-reactive ketones (excluding diaryl/α,β-unsaturated/α-hetero) is 1. The van der Waals surface area contributed by atoms with Gasteiger partial charge in [0, 0.05) is 18.4 Å². The SMILES string of the molecule is CC(C)(C)C(=O)CCCCCCCCCCO[C@@H]1O[C@@H](CO)C(O)C1CO. The smallest absolute Gasteiger partial charge is 0.165 e. The van der Waals surface area contributed by atoms with Gasteiger partial charge in [0.2, 0.25) is 0 Å². The molecule has 6 heteroatoms. The van der Waals surface area contributed by atoms with E-state index in [1.165, 1.54) is 19.3 Å². The summed E-state index contributed by atoms with van der Waals surface area (Å²) in [6, 6.07) is 0. The molecule has 0 radical (unpaired) electrons. The van der Waals surface area contributed by atoms with Gasteiger partial charge < -0.3 is 24.8 Å². The van der Waals surface area contributed by atoms with Crippen molar-refractivity contribution in [3.8, 4) is 0 Å². The second-order valence-electron chi connectivity index (χ2n) is 8.68. The van der Waals surface area contributed by atoms with Gasteiger partial charge >= 0.3 is 0 Å². The zero-order valence-corrected chi connectivity index (χ0v) is 17.4. The minimum absolute atomic E-state index is 0.208. The van der Waals surface area contributed by atoms with E-state index in [4.69, 9.17) is 14.6 Å². The summed E-state index contributed by atoms with van der Waals surface area (Å²) in [6.07, 6.45) is 7.34. The maximum absolute atomic E-state index is 11.8. The normalized spacial score (nSPS) is 25.9. The number of hydrogen-bond acceptors (Lipinski definition) is 6. The average molecular weight is 389 g/mol. The number of unbranched alkanes of at least 4 members (excludes halogenated alkanes) is 7. The van der Waals surface area contributed by atoms with Crippen molar-refractivity contribution in [2.75, 3.05) is 19.8 Å². The van der Waals surface area contributed by atoms with Gasteiger partial charge in [0.1, 0.15) is 11.9 Å². The maximum Gasteiger partial charge on any atom is 0.165 e. The summed E-state index contributed by atoms with van der Waals surface area (Å²) in [7, 11) is 0. The van der Waals surface area contributed by atoms with Crippen molar-refractivity contribution in [1.29, 1.82) is 0 Å². The molecule has 4 atom stereocenters. The van der Waals surface area contributed by atoms with Crippen LogP contribution in [0.4, 0.5) is 0 Å². The summed E-state index contributed by atoms with van der Waals surface area (Å²) in [6.45, 7) is 5.98. The van der Waals surface area contributed by atoms with E-state index in [1.54, 1.807) is 0 Å². The van der Waals surface area contributed by atoms with E-state index in [0.717, 1.165) is 32.1 Å². The van der Waals surface area contributed by atoms with E-state index in [0.29, 0.717) is 18.8 Å². The first kappa shape index (κ1) is 24.5. The van der Waals surface area contributed by atoms with Gasteiger partial charge in [-0.1, -0.05) is 59.3 Å². The van der Waals surface area contributed by atoms with Crippen LogP contribution >= 0.6 is 0 Å². The first-order valence-corrected chi connectivity index (χ1v) is 10.5. The molecule has 0 spiro atoms. The monoisotopic (exact) mass is 388 g/mol. The van der Waals surface area contributed by atoms with Gasteiger partial charge in [-0.25, -0.2) is 0 Å². The molecule has 3 N–H and O–H groups in total. The van der Waals surface area contributed by atoms with Gasteiger partial charge in [0.25, 0.3) is 0 Å². The second kappa shape index (κ2) is 12.8. The van der Waals surface area contributed by atoms with Crippen LogP contribution in [0.3, 0.4) is 0 Å². The molecule has 1 saturated heterocycles. The Labute approximate surface area is 164 Å². The molecular weight excluding hydrogens is 348 g/mol. The Bertz CT molecular complexity index is 406. The highest BCUT2D eigenvalue weighted by Gasteiger charge is 2.43. The molecule has 27 heavy (non-hydrogen) atoms. The number of aliphatic hydroxyl groups excluding tert-OH is 3. The van der Waals surface area contributed by atoms with Gasteiger partial charge in [-0.05, 0) is 12.8 Å². The van der Waals surface area contributed by atoms with Crippen LogP contribution in [-0.4, -0.2) is 59.4 Å². The molecule has 0 bridgehead atoms. The van der Waals surface area contributed by atoms with Crippen LogP contribution in [0.15, 0.2) is 0 Å². The Kier molecular flexibility index (Phi) is 11.7. The molecule has 160 valence electrons. The predicted octanol–water partition coefficient (Wildman–Crippen LogP) is 2.82. The number of carbonyl (C=O) groups excluding carboxylic acids is 1. The number of aliphatic hydroxyl groups is 3. The molecule has 0 aromatic carbocycles. The molecule has 1 aliphatic rings. The predicted molar refractivity (Wildman–Crippen MR) is 104 cm³/mol. The first-order valence-electron chi connectivity index (χ1n) is 10.5. The van der Waals surface area contributed by atoms with Crippen molar-refractivity contribution in [2.24, 2.45) is 11.3 Å². The molecule has 0 amide bonds. The van der Waals surface area contributed by atoms with Gasteiger partial charge in [0.15, 0.2) is 6.29 Å². The van der Waals surface area contributed by atoms with E-state index < -0.39 is 24.4 Å². The number of carbonyl (C=O) groups is 1. The summed E-state index contributed by atoms with van der Waals surface area (Å²) >= 11 is 0. The summed E-state index contributed by atoms with van der Waals surface area (Å²) in [4.78, 5) is 11.8. The molecule has 0 aliphatic carbocycles. The maximum atomic E-state index is 11.8. The summed E-state index contributed by atoms with van der Waals surface area (Å²) in [5.41, 5.74) is -0.208. The Balaban J connectivity index is 1.95. The lowest BCUT2D eigenvalue weighted by molar-refractivity contribution is -0.160. The second-order valence-corrected chi connectivity index (χ2v) is 8.68. The van der Waals surface area contributed by atoms with Gasteiger partial charge in [0.05, 0.1) is 25.2 Å². The van der Waals surface area contributed by atoms with Crippen molar-refractivity contribution in [1.82, 2.24) is 0 Å². The third-order valence-electron chi connectivity index (χ3n) is 5.29. The highest BCUT2D eigenvalue weighted by molar-refractivity contribution is 5.83. The van der Waals surface area contributed by atoms with Crippen molar-refractivity contribution >= 4 is 5.78 Å². The van der Waals surface area contributed by atoms with E-state index in [9.17, 15) is 15.0 Å². The Morgan fingerprint density at radius 2 is 1.48 bits per heavy atom. The third kappa shape index (κ3) is 9.01. The van der Waals surface area contributed by atoms with Gasteiger partial charge in [-0.15, -0.1) is 0 Å². The van der Waals surface area contributed by atoms with Crippen LogP contribution in [0.2, 0.25) is 0 Å². The standard InChI is InChI=1S/C21H40O6/c1-21(2,3)18(24)12-10-8-6-4-5-7-9-11-13-26-20-16(14-22)19(25)17(15-23)27-20/h16-17,19-20,22-23,25H,4-15H2,1-3H3/t16?,17-,19?,20+/m0/s1. The summed E-state index contributed by atoms with van der Waals surface area (Å²) in [5.74, 6) is -0.137. The van der Waals surface area contributed by atoms with E-state index >= 15 is 0 Å². The van der Waals surface area contributed by atoms with Crippen LogP contribution < -0.4 is 0 Å². The molecule has 1 heterocycles. The average Bonchev–Trinajstić information content (AvgIpc) is 2.93. The minimum atomic E-state index is -0.885. The first-order chi connectivity index (χ1) is 12.8. The van der Waals surface area contributed by atoms with Crippen molar-refractivity contribution in [3.05, 3.63) is 0 Å². The lowest BCUT2D eigenvalue weighted by Crippen LogP contribution is -2.32. The fourth-order valence-corrected chi connectivity index (χ4v) is 3.32. The molecule has 1 fully saturated rings. The van der Waals surface area contributed by atoms with Crippen LogP contribution in [0.25, 0.3) is 0 Å². The van der Waals surface area contributed by atoms with Crippen LogP contribution in [0, 0.1) is 11.3 Å². The largest absolute Gasteiger partial charge is 0.396 e. The van der Waals surface area contributed by atoms with Crippen molar-refractivity contribution in [3.63, 3.8) is 0 Å². The molecule has 1 rings (SSSR count). The van der Waals surface area contributed by atoms with Crippen LogP contribution in [-0.2, 0) is 14.3 Å². The zero-order chi connectivity index (χ0) is 20.3. The quantitative estimate of drug-likeness (QED) is 0.396. The number of rotatable bonds is 14. The molecule has 1 aliphatic heterocycles. The molecular formula is C21H40O6. The lowest BCUT2D eigenvalue weighted by atomic mass is 9.88. The molecule has 2 unspecified atom stereocenters. The van der Waals surface area contributed by atoms with Crippen molar-refractivity contribution in [2.45, 2.75) is 97.1 Å². The van der Waals surface area contributed by atoms with E-state index in [1.807, 2.05) is 20.8 Å². The molecule has 6 nitrogen and oxygen atoms in total. The molecule has 0 saturated carbocycles. The fourth-order valence-electron chi connectivity index (χ4n) is 3.32. The minimum Gasteiger partial charge on any atom is -0.396 e. The Morgan fingerprint density at radius 1 is 0.926 bits per heavy atom.